The van der Waals surface area contributed by atoms with Crippen LogP contribution in [0, 0.1) is 0 Å². The summed E-state index contributed by atoms with van der Waals surface area (Å²) in [6.07, 6.45) is 0. The van der Waals surface area contributed by atoms with E-state index in [2.05, 4.69) is 45.8 Å². The molecule has 2 N–H and O–H groups in total. The average Bonchev–Trinajstić information content (AvgIpc) is 3.02. The van der Waals surface area contributed by atoms with E-state index in [1.807, 2.05) is 42.5 Å². The number of hydrogen-bond donors (Lipinski definition) is 2. The second kappa shape index (κ2) is 6.38. The number of hydrogen-bond acceptors (Lipinski definition) is 2. The normalized spacial score (nSPS) is 10.9. The van der Waals surface area contributed by atoms with Gasteiger partial charge in [-0.25, -0.2) is 0 Å². The van der Waals surface area contributed by atoms with Gasteiger partial charge in [0.05, 0.1) is 10.5 Å². The number of nitrogens with one attached hydrogen (secondary N) is 2. The molecule has 118 valence electrons. The van der Waals surface area contributed by atoms with Gasteiger partial charge in [0, 0.05) is 17.5 Å². The molecule has 0 aliphatic carbocycles. The van der Waals surface area contributed by atoms with Gasteiger partial charge in [0.25, 0.3) is 0 Å². The molecule has 0 atom stereocenters. The summed E-state index contributed by atoms with van der Waals surface area (Å²) in [5.41, 5.74) is 4.25. The lowest BCUT2D eigenvalue weighted by molar-refractivity contribution is 1.06. The lowest BCUT2D eigenvalue weighted by Crippen LogP contribution is -1.99. The SMILES string of the molecule is Clc1cc2[nH]nc(NCc3ccccc3)c2cc1-c1ccccc1. The van der Waals surface area contributed by atoms with E-state index in [-0.39, 0.29) is 0 Å². The van der Waals surface area contributed by atoms with Crippen LogP contribution in [-0.2, 0) is 6.54 Å². The lowest BCUT2D eigenvalue weighted by Gasteiger charge is -2.07. The number of H-pyrrole nitrogens is 1. The van der Waals surface area contributed by atoms with Gasteiger partial charge in [-0.2, -0.15) is 5.10 Å². The van der Waals surface area contributed by atoms with Crippen molar-refractivity contribution in [2.75, 3.05) is 5.32 Å². The Morgan fingerprint density at radius 2 is 1.62 bits per heavy atom. The molecule has 0 aliphatic rings. The van der Waals surface area contributed by atoms with E-state index in [9.17, 15) is 0 Å². The molecule has 0 amide bonds. The first-order valence-corrected chi connectivity index (χ1v) is 8.20. The molecule has 3 aromatic carbocycles. The molecular formula is C20H16ClN3. The van der Waals surface area contributed by atoms with Gasteiger partial charge < -0.3 is 5.32 Å². The Morgan fingerprint density at radius 1 is 0.917 bits per heavy atom. The first kappa shape index (κ1) is 14.8. The molecular weight excluding hydrogens is 318 g/mol. The molecule has 0 fully saturated rings. The second-order valence-electron chi connectivity index (χ2n) is 5.66. The van der Waals surface area contributed by atoms with Gasteiger partial charge in [0.15, 0.2) is 5.82 Å². The largest absolute Gasteiger partial charge is 0.364 e. The minimum Gasteiger partial charge on any atom is -0.364 e. The van der Waals surface area contributed by atoms with Gasteiger partial charge in [-0.1, -0.05) is 72.3 Å². The number of fused-ring (bicyclic) bond motifs is 1. The minimum absolute atomic E-state index is 0.715. The maximum absolute atomic E-state index is 6.45. The minimum atomic E-state index is 0.715. The molecule has 3 nitrogen and oxygen atoms in total. The summed E-state index contributed by atoms with van der Waals surface area (Å²) in [4.78, 5) is 0. The van der Waals surface area contributed by atoms with Crippen molar-refractivity contribution in [3.05, 3.63) is 83.4 Å². The first-order valence-electron chi connectivity index (χ1n) is 7.82. The molecule has 24 heavy (non-hydrogen) atoms. The fourth-order valence-corrected chi connectivity index (χ4v) is 3.07. The number of nitrogens with zero attached hydrogens (tertiary/aromatic N) is 1. The number of anilines is 1. The number of halogens is 1. The van der Waals surface area contributed by atoms with Crippen molar-refractivity contribution >= 4 is 28.3 Å². The summed E-state index contributed by atoms with van der Waals surface area (Å²) >= 11 is 6.45. The van der Waals surface area contributed by atoms with Crippen LogP contribution < -0.4 is 5.32 Å². The van der Waals surface area contributed by atoms with Gasteiger partial charge >= 0.3 is 0 Å². The Labute approximate surface area is 145 Å². The van der Waals surface area contributed by atoms with Crippen LogP contribution in [0.25, 0.3) is 22.0 Å². The Balaban J connectivity index is 1.70. The van der Waals surface area contributed by atoms with Crippen molar-refractivity contribution in [1.29, 1.82) is 0 Å². The third kappa shape index (κ3) is 2.86. The highest BCUT2D eigenvalue weighted by molar-refractivity contribution is 6.34. The predicted molar refractivity (Wildman–Crippen MR) is 100 cm³/mol. The van der Waals surface area contributed by atoms with Crippen LogP contribution in [0.15, 0.2) is 72.8 Å². The summed E-state index contributed by atoms with van der Waals surface area (Å²) in [5, 5.41) is 12.6. The third-order valence-corrected chi connectivity index (χ3v) is 4.35. The van der Waals surface area contributed by atoms with Crippen LogP contribution in [0.5, 0.6) is 0 Å². The van der Waals surface area contributed by atoms with Crippen LogP contribution in [-0.4, -0.2) is 10.2 Å². The molecule has 0 saturated carbocycles. The van der Waals surface area contributed by atoms with Crippen molar-refractivity contribution in [1.82, 2.24) is 10.2 Å². The van der Waals surface area contributed by atoms with Gasteiger partial charge in [-0.15, -0.1) is 0 Å². The Bertz CT molecular complexity index is 962. The summed E-state index contributed by atoms with van der Waals surface area (Å²) in [7, 11) is 0. The van der Waals surface area contributed by atoms with Gasteiger partial charge in [-0.3, -0.25) is 5.10 Å². The molecule has 1 heterocycles. The molecule has 0 unspecified atom stereocenters. The highest BCUT2D eigenvalue weighted by Crippen LogP contribution is 2.34. The van der Waals surface area contributed by atoms with Crippen LogP contribution in [0.1, 0.15) is 5.56 Å². The van der Waals surface area contributed by atoms with Crippen LogP contribution in [0.2, 0.25) is 5.02 Å². The standard InChI is InChI=1S/C20H16ClN3/c21-18-12-19-17(11-16(18)15-9-5-2-6-10-15)20(24-23-19)22-13-14-7-3-1-4-8-14/h1-12H,13H2,(H2,22,23,24). The van der Waals surface area contributed by atoms with Crippen molar-refractivity contribution in [3.8, 4) is 11.1 Å². The Kier molecular flexibility index (Phi) is 3.93. The summed E-state index contributed by atoms with van der Waals surface area (Å²) in [5.74, 6) is 0.836. The van der Waals surface area contributed by atoms with E-state index in [0.29, 0.717) is 5.02 Å². The lowest BCUT2D eigenvalue weighted by atomic mass is 10.0. The second-order valence-corrected chi connectivity index (χ2v) is 6.06. The van der Waals surface area contributed by atoms with Crippen LogP contribution in [0.3, 0.4) is 0 Å². The predicted octanol–water partition coefficient (Wildman–Crippen LogP) is 5.50. The van der Waals surface area contributed by atoms with E-state index in [0.717, 1.165) is 34.4 Å². The molecule has 4 heteroatoms. The van der Waals surface area contributed by atoms with E-state index < -0.39 is 0 Å². The smallest absolute Gasteiger partial charge is 0.156 e. The van der Waals surface area contributed by atoms with E-state index >= 15 is 0 Å². The number of aromatic amines is 1. The molecule has 1 aromatic heterocycles. The highest BCUT2D eigenvalue weighted by Gasteiger charge is 2.11. The third-order valence-electron chi connectivity index (χ3n) is 4.04. The van der Waals surface area contributed by atoms with E-state index in [1.54, 1.807) is 0 Å². The van der Waals surface area contributed by atoms with Crippen molar-refractivity contribution in [3.63, 3.8) is 0 Å². The number of rotatable bonds is 4. The highest BCUT2D eigenvalue weighted by atomic mass is 35.5. The monoisotopic (exact) mass is 333 g/mol. The van der Waals surface area contributed by atoms with E-state index in [1.165, 1.54) is 5.56 Å². The zero-order valence-corrected chi connectivity index (χ0v) is 13.7. The number of benzene rings is 3. The van der Waals surface area contributed by atoms with E-state index in [4.69, 9.17) is 11.6 Å². The molecule has 0 spiro atoms. The molecule has 0 bridgehead atoms. The van der Waals surface area contributed by atoms with Crippen LogP contribution in [0.4, 0.5) is 5.82 Å². The fraction of sp³-hybridized carbons (Fsp3) is 0.0500. The summed E-state index contributed by atoms with van der Waals surface area (Å²) in [6.45, 7) is 0.726. The van der Waals surface area contributed by atoms with Crippen molar-refractivity contribution < 1.29 is 0 Å². The van der Waals surface area contributed by atoms with Gasteiger partial charge in [0.1, 0.15) is 0 Å². The van der Waals surface area contributed by atoms with Gasteiger partial charge in [-0.05, 0) is 23.3 Å². The van der Waals surface area contributed by atoms with Gasteiger partial charge in [0.2, 0.25) is 0 Å². The quantitative estimate of drug-likeness (QED) is 0.518. The Hall–Kier alpha value is -2.78. The van der Waals surface area contributed by atoms with Crippen molar-refractivity contribution in [2.45, 2.75) is 6.54 Å². The molecule has 0 aliphatic heterocycles. The summed E-state index contributed by atoms with van der Waals surface area (Å²) in [6, 6.07) is 24.4. The van der Waals surface area contributed by atoms with Crippen LogP contribution >= 0.6 is 11.6 Å². The molecule has 4 rings (SSSR count). The maximum Gasteiger partial charge on any atom is 0.156 e. The molecule has 0 saturated heterocycles. The number of aromatic nitrogens is 2. The Morgan fingerprint density at radius 3 is 2.38 bits per heavy atom. The zero-order chi connectivity index (χ0) is 16.4. The summed E-state index contributed by atoms with van der Waals surface area (Å²) < 4.78 is 0. The topological polar surface area (TPSA) is 40.7 Å². The molecule has 4 aromatic rings. The molecule has 0 radical (unpaired) electrons. The zero-order valence-electron chi connectivity index (χ0n) is 13.0. The maximum atomic E-state index is 6.45. The fourth-order valence-electron chi connectivity index (χ4n) is 2.79. The average molecular weight is 334 g/mol. The van der Waals surface area contributed by atoms with Crippen molar-refractivity contribution in [2.24, 2.45) is 0 Å². The first-order chi connectivity index (χ1) is 11.8.